The van der Waals surface area contributed by atoms with E-state index in [2.05, 4.69) is 4.72 Å². The first-order valence-electron chi connectivity index (χ1n) is 6.11. The van der Waals surface area contributed by atoms with E-state index < -0.39 is 15.8 Å². The van der Waals surface area contributed by atoms with Gasteiger partial charge in [-0.25, -0.2) is 12.8 Å². The average Bonchev–Trinajstić information content (AvgIpc) is 2.42. The molecule has 21 heavy (non-hydrogen) atoms. The number of rotatable bonds is 4. The smallest absolute Gasteiger partial charge is 0.262 e. The number of halogens is 2. The molecule has 0 spiro atoms. The van der Waals surface area contributed by atoms with Crippen LogP contribution in [-0.4, -0.2) is 8.42 Å². The topological polar surface area (TPSA) is 72.2 Å². The number of hydrogen-bond acceptors (Lipinski definition) is 3. The van der Waals surface area contributed by atoms with Crippen LogP contribution in [0.2, 0.25) is 0 Å². The molecule has 0 aliphatic rings. The van der Waals surface area contributed by atoms with Crippen LogP contribution in [0.25, 0.3) is 0 Å². The summed E-state index contributed by atoms with van der Waals surface area (Å²) in [5, 5.41) is 0. The van der Waals surface area contributed by atoms with Gasteiger partial charge < -0.3 is 5.73 Å². The van der Waals surface area contributed by atoms with Crippen LogP contribution in [0.5, 0.6) is 0 Å². The fraction of sp³-hybridized carbons (Fsp3) is 0.143. The molecule has 0 heterocycles. The summed E-state index contributed by atoms with van der Waals surface area (Å²) < 4.78 is 41.0. The first kappa shape index (κ1) is 16.2. The highest BCUT2D eigenvalue weighted by Crippen LogP contribution is 2.25. The lowest BCUT2D eigenvalue weighted by molar-refractivity contribution is 0.600. The van der Waals surface area contributed by atoms with Gasteiger partial charge in [0.25, 0.3) is 10.0 Å². The minimum atomic E-state index is -3.74. The Labute approximate surface area is 136 Å². The molecule has 0 fully saturated rings. The summed E-state index contributed by atoms with van der Waals surface area (Å²) >= 11 is 1.88. The van der Waals surface area contributed by atoms with Crippen LogP contribution in [0.4, 0.5) is 10.1 Å². The summed E-state index contributed by atoms with van der Waals surface area (Å²) in [6.45, 7) is 1.98. The predicted octanol–water partition coefficient (Wildman–Crippen LogP) is 3.00. The van der Waals surface area contributed by atoms with Crippen molar-refractivity contribution in [3.05, 3.63) is 56.9 Å². The standard InChI is InChI=1S/C14H14FIN2O2S/c1-9-10(8-17)3-2-4-14(9)21(19,20)18-13-6-5-11(15)7-12(13)16/h2-7,18H,8,17H2,1H3. The van der Waals surface area contributed by atoms with E-state index in [-0.39, 0.29) is 11.4 Å². The van der Waals surface area contributed by atoms with Crippen molar-refractivity contribution in [3.8, 4) is 0 Å². The Balaban J connectivity index is 2.43. The summed E-state index contributed by atoms with van der Waals surface area (Å²) in [5.41, 5.74) is 7.33. The molecule has 4 nitrogen and oxygen atoms in total. The molecular formula is C14H14FIN2O2S. The van der Waals surface area contributed by atoms with Crippen molar-refractivity contribution in [2.24, 2.45) is 5.73 Å². The molecule has 7 heteroatoms. The van der Waals surface area contributed by atoms with Crippen molar-refractivity contribution in [2.45, 2.75) is 18.4 Å². The second-order valence-corrected chi connectivity index (χ2v) is 7.29. The van der Waals surface area contributed by atoms with Crippen molar-refractivity contribution < 1.29 is 12.8 Å². The number of benzene rings is 2. The molecule has 0 aliphatic heterocycles. The van der Waals surface area contributed by atoms with Gasteiger partial charge in [-0.3, -0.25) is 4.72 Å². The van der Waals surface area contributed by atoms with Crippen molar-refractivity contribution in [3.63, 3.8) is 0 Å². The maximum Gasteiger partial charge on any atom is 0.262 e. The second kappa shape index (κ2) is 6.29. The SMILES string of the molecule is Cc1c(CN)cccc1S(=O)(=O)Nc1ccc(F)cc1I. The molecule has 0 unspecified atom stereocenters. The van der Waals surface area contributed by atoms with E-state index in [0.717, 1.165) is 5.56 Å². The van der Waals surface area contributed by atoms with Gasteiger partial charge in [-0.1, -0.05) is 12.1 Å². The van der Waals surface area contributed by atoms with Gasteiger partial charge in [-0.05, 0) is 64.9 Å². The quantitative estimate of drug-likeness (QED) is 0.748. The van der Waals surface area contributed by atoms with Crippen LogP contribution in [0, 0.1) is 16.3 Å². The highest BCUT2D eigenvalue weighted by Gasteiger charge is 2.19. The van der Waals surface area contributed by atoms with Crippen molar-refractivity contribution in [2.75, 3.05) is 4.72 Å². The van der Waals surface area contributed by atoms with Gasteiger partial charge in [-0.15, -0.1) is 0 Å². The van der Waals surface area contributed by atoms with E-state index in [1.165, 1.54) is 24.3 Å². The van der Waals surface area contributed by atoms with E-state index in [9.17, 15) is 12.8 Å². The number of anilines is 1. The fourth-order valence-corrected chi connectivity index (χ4v) is 4.11. The van der Waals surface area contributed by atoms with Gasteiger partial charge in [0.05, 0.1) is 10.6 Å². The Kier molecular flexibility index (Phi) is 4.84. The third-order valence-corrected chi connectivity index (χ3v) is 5.48. The number of hydrogen-bond donors (Lipinski definition) is 2. The third-order valence-electron chi connectivity index (χ3n) is 3.08. The molecule has 112 valence electrons. The maximum absolute atomic E-state index is 13.1. The third kappa shape index (κ3) is 3.53. The van der Waals surface area contributed by atoms with Gasteiger partial charge in [0.2, 0.25) is 0 Å². The fourth-order valence-electron chi connectivity index (χ4n) is 1.94. The minimum absolute atomic E-state index is 0.172. The highest BCUT2D eigenvalue weighted by molar-refractivity contribution is 14.1. The number of nitrogens with one attached hydrogen (secondary N) is 1. The molecule has 0 aromatic heterocycles. The molecule has 2 aromatic carbocycles. The molecule has 2 rings (SSSR count). The molecule has 0 atom stereocenters. The summed E-state index contributed by atoms with van der Waals surface area (Å²) in [6, 6.07) is 8.84. The average molecular weight is 420 g/mol. The van der Waals surface area contributed by atoms with E-state index >= 15 is 0 Å². The van der Waals surface area contributed by atoms with Crippen LogP contribution in [0.1, 0.15) is 11.1 Å². The summed E-state index contributed by atoms with van der Waals surface area (Å²) in [6.07, 6.45) is 0. The van der Waals surface area contributed by atoms with Gasteiger partial charge in [0, 0.05) is 10.1 Å². The first-order chi connectivity index (χ1) is 9.85. The molecule has 0 saturated heterocycles. The van der Waals surface area contributed by atoms with E-state index in [4.69, 9.17) is 5.73 Å². The van der Waals surface area contributed by atoms with Crippen molar-refractivity contribution in [1.29, 1.82) is 0 Å². The molecule has 2 aromatic rings. The minimum Gasteiger partial charge on any atom is -0.326 e. The summed E-state index contributed by atoms with van der Waals surface area (Å²) in [7, 11) is -3.74. The van der Waals surface area contributed by atoms with Gasteiger partial charge in [0.1, 0.15) is 5.82 Å². The Morgan fingerprint density at radius 2 is 2.00 bits per heavy atom. The lowest BCUT2D eigenvalue weighted by Gasteiger charge is -2.13. The normalized spacial score (nSPS) is 11.4. The predicted molar refractivity (Wildman–Crippen MR) is 89.0 cm³/mol. The zero-order valence-electron chi connectivity index (χ0n) is 11.2. The Morgan fingerprint density at radius 1 is 1.29 bits per heavy atom. The molecule has 0 bridgehead atoms. The Bertz CT molecular complexity index is 779. The van der Waals surface area contributed by atoms with Crippen LogP contribution >= 0.6 is 22.6 Å². The van der Waals surface area contributed by atoms with E-state index in [1.54, 1.807) is 19.1 Å². The van der Waals surface area contributed by atoms with Crippen LogP contribution < -0.4 is 10.5 Å². The van der Waals surface area contributed by atoms with Crippen molar-refractivity contribution in [1.82, 2.24) is 0 Å². The van der Waals surface area contributed by atoms with Crippen LogP contribution in [0.3, 0.4) is 0 Å². The lowest BCUT2D eigenvalue weighted by Crippen LogP contribution is -2.16. The van der Waals surface area contributed by atoms with Crippen molar-refractivity contribution >= 4 is 38.3 Å². The molecule has 3 N–H and O–H groups in total. The van der Waals surface area contributed by atoms with Gasteiger partial charge in [-0.2, -0.15) is 0 Å². The number of nitrogens with two attached hydrogens (primary N) is 1. The highest BCUT2D eigenvalue weighted by atomic mass is 127. The van der Waals surface area contributed by atoms with Crippen LogP contribution in [-0.2, 0) is 16.6 Å². The monoisotopic (exact) mass is 420 g/mol. The van der Waals surface area contributed by atoms with Gasteiger partial charge >= 0.3 is 0 Å². The largest absolute Gasteiger partial charge is 0.326 e. The lowest BCUT2D eigenvalue weighted by atomic mass is 10.1. The molecule has 0 aliphatic carbocycles. The number of sulfonamides is 1. The molecule has 0 amide bonds. The van der Waals surface area contributed by atoms with E-state index in [1.807, 2.05) is 22.6 Å². The van der Waals surface area contributed by atoms with Gasteiger partial charge in [0.15, 0.2) is 0 Å². The Morgan fingerprint density at radius 3 is 2.62 bits per heavy atom. The summed E-state index contributed by atoms with van der Waals surface area (Å²) in [4.78, 5) is 0.172. The Hall–Kier alpha value is -1.19. The zero-order valence-corrected chi connectivity index (χ0v) is 14.2. The molecule has 0 radical (unpaired) electrons. The zero-order chi connectivity index (χ0) is 15.6. The second-order valence-electron chi connectivity index (χ2n) is 4.47. The van der Waals surface area contributed by atoms with E-state index in [0.29, 0.717) is 14.8 Å². The van der Waals surface area contributed by atoms with Crippen LogP contribution in [0.15, 0.2) is 41.3 Å². The maximum atomic E-state index is 13.1. The summed E-state index contributed by atoms with van der Waals surface area (Å²) in [5.74, 6) is -0.413. The first-order valence-corrected chi connectivity index (χ1v) is 8.68. The molecule has 0 saturated carbocycles. The molecular weight excluding hydrogens is 406 g/mol.